The third-order valence-electron chi connectivity index (χ3n) is 1.81. The fraction of sp³-hybridized carbons (Fsp3) is 0.222. The van der Waals surface area contributed by atoms with Crippen LogP contribution in [0.15, 0.2) is 17.0 Å². The van der Waals surface area contributed by atoms with Gasteiger partial charge in [-0.3, -0.25) is 4.79 Å². The van der Waals surface area contributed by atoms with Crippen LogP contribution in [0.5, 0.6) is 5.75 Å². The van der Waals surface area contributed by atoms with Crippen LogP contribution in [0.4, 0.5) is 0 Å². The third-order valence-corrected chi connectivity index (χ3v) is 2.43. The lowest BCUT2D eigenvalue weighted by Gasteiger charge is -2.07. The summed E-state index contributed by atoms with van der Waals surface area (Å²) < 4.78 is 0. The molecule has 0 aromatic heterocycles. The Hall–Kier alpha value is -0.670. The zero-order valence-electron chi connectivity index (χ0n) is 7.04. The number of rotatable bonds is 2. The maximum Gasteiger partial charge on any atom is 0.179 e. The van der Waals surface area contributed by atoms with Crippen LogP contribution in [0, 0.1) is 6.92 Å². The summed E-state index contributed by atoms with van der Waals surface area (Å²) in [7, 11) is 0. The number of phenolic OH excluding ortho intramolecular Hbond substituents is 1. The smallest absolute Gasteiger partial charge is 0.179 e. The van der Waals surface area contributed by atoms with E-state index in [1.807, 2.05) is 0 Å². The zero-order valence-corrected chi connectivity index (χ0v) is 8.69. The van der Waals surface area contributed by atoms with Gasteiger partial charge in [-0.25, -0.2) is 0 Å². The van der Waals surface area contributed by atoms with Gasteiger partial charge in [-0.2, -0.15) is 0 Å². The van der Waals surface area contributed by atoms with Crippen LogP contribution in [0.3, 0.4) is 0 Å². The summed E-state index contributed by atoms with van der Waals surface area (Å²) in [5, 5.41) is 9.34. The van der Waals surface area contributed by atoms with Crippen molar-refractivity contribution in [3.05, 3.63) is 23.3 Å². The molecule has 1 rings (SSSR count). The minimum absolute atomic E-state index is 0.0891. The zero-order chi connectivity index (χ0) is 10.0. The molecule has 0 unspecified atom stereocenters. The fourth-order valence-corrected chi connectivity index (χ4v) is 1.61. The average Bonchev–Trinajstić information content (AvgIpc) is 2.12. The van der Waals surface area contributed by atoms with Crippen molar-refractivity contribution in [3.63, 3.8) is 0 Å². The molecule has 13 heavy (non-hydrogen) atoms. The van der Waals surface area contributed by atoms with Crippen LogP contribution < -0.4 is 0 Å². The highest BCUT2D eigenvalue weighted by molar-refractivity contribution is 7.80. The molecule has 70 valence electrons. The summed E-state index contributed by atoms with van der Waals surface area (Å²) in [6.45, 7) is 1.66. The van der Waals surface area contributed by atoms with Gasteiger partial charge in [0.05, 0.1) is 5.88 Å². The summed E-state index contributed by atoms with van der Waals surface area (Å²) in [4.78, 5) is 11.9. The number of thiol groups is 1. The standard InChI is InChI=1S/C9H9ClO2S/c1-5-6(11)2-3-8(13)9(5)7(12)4-10/h2-3,11,13H,4H2,1H3. The van der Waals surface area contributed by atoms with Gasteiger partial charge in [0.1, 0.15) is 5.75 Å². The molecule has 0 spiro atoms. The Morgan fingerprint density at radius 1 is 1.62 bits per heavy atom. The summed E-state index contributed by atoms with van der Waals surface area (Å²) in [5.41, 5.74) is 0.927. The Kier molecular flexibility index (Phi) is 3.22. The molecule has 0 radical (unpaired) electrons. The van der Waals surface area contributed by atoms with Crippen molar-refractivity contribution in [2.24, 2.45) is 0 Å². The predicted molar refractivity (Wildman–Crippen MR) is 55.1 cm³/mol. The number of benzene rings is 1. The molecule has 0 aliphatic heterocycles. The molecule has 0 amide bonds. The minimum atomic E-state index is -0.222. The Morgan fingerprint density at radius 2 is 2.23 bits per heavy atom. The van der Waals surface area contributed by atoms with Gasteiger partial charge in [0.15, 0.2) is 5.78 Å². The van der Waals surface area contributed by atoms with Gasteiger partial charge in [-0.1, -0.05) is 0 Å². The van der Waals surface area contributed by atoms with E-state index in [-0.39, 0.29) is 17.4 Å². The highest BCUT2D eigenvalue weighted by atomic mass is 35.5. The van der Waals surface area contributed by atoms with E-state index in [1.165, 1.54) is 6.07 Å². The normalized spacial score (nSPS) is 10.1. The van der Waals surface area contributed by atoms with Crippen LogP contribution in [0.25, 0.3) is 0 Å². The molecule has 0 aliphatic carbocycles. The van der Waals surface area contributed by atoms with Crippen molar-refractivity contribution in [3.8, 4) is 5.75 Å². The van der Waals surface area contributed by atoms with Crippen LogP contribution in [0.2, 0.25) is 0 Å². The molecule has 0 bridgehead atoms. The van der Waals surface area contributed by atoms with Crippen molar-refractivity contribution in [2.75, 3.05) is 5.88 Å². The van der Waals surface area contributed by atoms with Crippen molar-refractivity contribution >= 4 is 30.0 Å². The molecule has 0 aliphatic rings. The number of aromatic hydroxyl groups is 1. The second-order valence-electron chi connectivity index (χ2n) is 2.66. The largest absolute Gasteiger partial charge is 0.508 e. The van der Waals surface area contributed by atoms with Crippen LogP contribution >= 0.6 is 24.2 Å². The summed E-state index contributed by atoms with van der Waals surface area (Å²) in [5.74, 6) is -0.232. The molecule has 1 N–H and O–H groups in total. The van der Waals surface area contributed by atoms with E-state index < -0.39 is 0 Å². The van der Waals surface area contributed by atoms with E-state index in [0.717, 1.165) is 0 Å². The molecule has 1 aromatic carbocycles. The second kappa shape index (κ2) is 4.03. The molecule has 0 heterocycles. The van der Waals surface area contributed by atoms with Crippen molar-refractivity contribution in [1.29, 1.82) is 0 Å². The van der Waals surface area contributed by atoms with Crippen LogP contribution in [0.1, 0.15) is 15.9 Å². The summed E-state index contributed by atoms with van der Waals surface area (Å²) in [6, 6.07) is 3.08. The first-order valence-corrected chi connectivity index (χ1v) is 4.66. The maximum absolute atomic E-state index is 11.3. The first-order chi connectivity index (χ1) is 6.07. The summed E-state index contributed by atoms with van der Waals surface area (Å²) >= 11 is 9.54. The first kappa shape index (κ1) is 10.4. The molecular weight excluding hydrogens is 208 g/mol. The minimum Gasteiger partial charge on any atom is -0.508 e. The summed E-state index contributed by atoms with van der Waals surface area (Å²) in [6.07, 6.45) is 0. The first-order valence-electron chi connectivity index (χ1n) is 3.68. The predicted octanol–water partition coefficient (Wildman–Crippen LogP) is 2.41. The number of phenols is 1. The number of ketones is 1. The lowest BCUT2D eigenvalue weighted by atomic mass is 10.0. The Morgan fingerprint density at radius 3 is 2.77 bits per heavy atom. The lowest BCUT2D eigenvalue weighted by molar-refractivity contribution is 0.101. The van der Waals surface area contributed by atoms with Gasteiger partial charge in [0.25, 0.3) is 0 Å². The van der Waals surface area contributed by atoms with Crippen LogP contribution in [-0.2, 0) is 0 Å². The molecule has 2 nitrogen and oxygen atoms in total. The number of alkyl halides is 1. The molecule has 0 atom stereocenters. The Bertz CT molecular complexity index is 350. The van der Waals surface area contributed by atoms with Gasteiger partial charge >= 0.3 is 0 Å². The van der Waals surface area contributed by atoms with Gasteiger partial charge in [-0.15, -0.1) is 24.2 Å². The van der Waals surface area contributed by atoms with Crippen molar-refractivity contribution in [2.45, 2.75) is 11.8 Å². The van der Waals surface area contributed by atoms with E-state index in [4.69, 9.17) is 11.6 Å². The molecular formula is C9H9ClO2S. The second-order valence-corrected chi connectivity index (χ2v) is 3.41. The molecule has 0 fully saturated rings. The number of hydrogen-bond acceptors (Lipinski definition) is 3. The lowest BCUT2D eigenvalue weighted by Crippen LogP contribution is -2.04. The average molecular weight is 217 g/mol. The monoisotopic (exact) mass is 216 g/mol. The number of halogens is 1. The van der Waals surface area contributed by atoms with Gasteiger partial charge < -0.3 is 5.11 Å². The van der Waals surface area contributed by atoms with Gasteiger partial charge in [-0.05, 0) is 19.1 Å². The number of hydrogen-bond donors (Lipinski definition) is 2. The van der Waals surface area contributed by atoms with Crippen LogP contribution in [-0.4, -0.2) is 16.8 Å². The molecule has 4 heteroatoms. The van der Waals surface area contributed by atoms with E-state index in [0.29, 0.717) is 16.0 Å². The van der Waals surface area contributed by atoms with Gasteiger partial charge in [0, 0.05) is 16.0 Å². The molecule has 1 aromatic rings. The van der Waals surface area contributed by atoms with E-state index in [1.54, 1.807) is 13.0 Å². The number of Topliss-reactive ketones (excluding diaryl/α,β-unsaturated/α-hetero) is 1. The number of carbonyl (C=O) groups excluding carboxylic acids is 1. The highest BCUT2D eigenvalue weighted by Gasteiger charge is 2.13. The quantitative estimate of drug-likeness (QED) is 0.453. The molecule has 0 saturated heterocycles. The van der Waals surface area contributed by atoms with Crippen molar-refractivity contribution in [1.82, 2.24) is 0 Å². The molecule has 0 saturated carbocycles. The topological polar surface area (TPSA) is 37.3 Å². The van der Waals surface area contributed by atoms with Crippen molar-refractivity contribution < 1.29 is 9.90 Å². The Labute approximate surface area is 86.9 Å². The van der Waals surface area contributed by atoms with Gasteiger partial charge in [0.2, 0.25) is 0 Å². The highest BCUT2D eigenvalue weighted by Crippen LogP contribution is 2.26. The number of carbonyl (C=O) groups is 1. The Balaban J connectivity index is 3.33. The third kappa shape index (κ3) is 1.98. The fourth-order valence-electron chi connectivity index (χ4n) is 1.11. The van der Waals surface area contributed by atoms with E-state index >= 15 is 0 Å². The van der Waals surface area contributed by atoms with E-state index in [9.17, 15) is 9.90 Å². The maximum atomic E-state index is 11.3. The SMILES string of the molecule is Cc1c(O)ccc(S)c1C(=O)CCl. The van der Waals surface area contributed by atoms with E-state index in [2.05, 4.69) is 12.6 Å².